The molecule has 0 radical (unpaired) electrons. The summed E-state index contributed by atoms with van der Waals surface area (Å²) in [5, 5.41) is 6.36. The van der Waals surface area contributed by atoms with Crippen LogP contribution in [-0.4, -0.2) is 49.3 Å². The summed E-state index contributed by atoms with van der Waals surface area (Å²) < 4.78 is 5.51. The van der Waals surface area contributed by atoms with Crippen LogP contribution >= 0.6 is 0 Å². The van der Waals surface area contributed by atoms with E-state index in [1.54, 1.807) is 0 Å². The molecule has 2 aliphatic rings. The molecule has 5 nitrogen and oxygen atoms in total. The van der Waals surface area contributed by atoms with E-state index in [2.05, 4.69) is 46.7 Å². The Morgan fingerprint density at radius 2 is 1.80 bits per heavy atom. The van der Waals surface area contributed by atoms with Crippen molar-refractivity contribution in [3.63, 3.8) is 0 Å². The highest BCUT2D eigenvalue weighted by atomic mass is 16.5. The summed E-state index contributed by atoms with van der Waals surface area (Å²) >= 11 is 0. The second kappa shape index (κ2) is 9.20. The van der Waals surface area contributed by atoms with Gasteiger partial charge in [0.25, 0.3) is 0 Å². The Hall–Kier alpha value is -1.59. The zero-order chi connectivity index (χ0) is 17.5. The zero-order valence-corrected chi connectivity index (χ0v) is 15.2. The summed E-state index contributed by atoms with van der Waals surface area (Å²) in [5.41, 5.74) is 1.25. The number of benzene rings is 1. The molecule has 0 bridgehead atoms. The molecule has 2 amide bonds. The van der Waals surface area contributed by atoms with E-state index in [0.29, 0.717) is 6.04 Å². The summed E-state index contributed by atoms with van der Waals surface area (Å²) in [7, 11) is 0. The molecule has 1 aliphatic heterocycles. The molecule has 2 N–H and O–H groups in total. The van der Waals surface area contributed by atoms with Crippen LogP contribution in [0.5, 0.6) is 0 Å². The number of morpholine rings is 1. The van der Waals surface area contributed by atoms with Crippen molar-refractivity contribution in [3.05, 3.63) is 35.9 Å². The van der Waals surface area contributed by atoms with Crippen LogP contribution in [-0.2, 0) is 4.74 Å². The fourth-order valence-corrected chi connectivity index (χ4v) is 4.08. The minimum Gasteiger partial charge on any atom is -0.379 e. The highest BCUT2D eigenvalue weighted by Gasteiger charge is 2.29. The molecule has 0 unspecified atom stereocenters. The fraction of sp³-hybridized carbons (Fsp3) is 0.650. The van der Waals surface area contributed by atoms with Crippen molar-refractivity contribution in [1.82, 2.24) is 15.5 Å². The highest BCUT2D eigenvalue weighted by molar-refractivity contribution is 5.74. The fourth-order valence-electron chi connectivity index (χ4n) is 4.08. The van der Waals surface area contributed by atoms with Crippen molar-refractivity contribution in [2.45, 2.75) is 57.2 Å². The molecule has 3 rings (SSSR count). The lowest BCUT2D eigenvalue weighted by molar-refractivity contribution is 0.00958. The Morgan fingerprint density at radius 1 is 1.12 bits per heavy atom. The molecule has 1 saturated carbocycles. The van der Waals surface area contributed by atoms with Gasteiger partial charge in [0.2, 0.25) is 0 Å². The van der Waals surface area contributed by atoms with Crippen molar-refractivity contribution in [2.24, 2.45) is 0 Å². The number of carbonyl (C=O) groups excluding carboxylic acids is 1. The molecular formula is C20H31N3O2. The van der Waals surface area contributed by atoms with E-state index in [4.69, 9.17) is 4.74 Å². The number of amides is 2. The van der Waals surface area contributed by atoms with Crippen molar-refractivity contribution in [1.29, 1.82) is 0 Å². The largest absolute Gasteiger partial charge is 0.379 e. The second-order valence-electron chi connectivity index (χ2n) is 7.25. The lowest BCUT2D eigenvalue weighted by atomic mass is 9.95. The Balaban J connectivity index is 1.63. The number of rotatable bonds is 5. The molecule has 1 aliphatic carbocycles. The zero-order valence-electron chi connectivity index (χ0n) is 15.2. The van der Waals surface area contributed by atoms with Gasteiger partial charge in [-0.2, -0.15) is 0 Å². The topological polar surface area (TPSA) is 53.6 Å². The van der Waals surface area contributed by atoms with Gasteiger partial charge in [-0.3, -0.25) is 4.90 Å². The Morgan fingerprint density at radius 3 is 2.48 bits per heavy atom. The third-order valence-corrected chi connectivity index (χ3v) is 5.35. The standard InChI is InChI=1S/C20H31N3O2/c1-16(21-20(24)22-18-10-6-3-7-11-18)19(17-8-4-2-5-9-17)23-12-14-25-15-13-23/h2,4-5,8-9,16,18-19H,3,6-7,10-15H2,1H3,(H2,21,22,24)/t16-,19+/m0/s1. The van der Waals surface area contributed by atoms with Crippen molar-refractivity contribution >= 4 is 6.03 Å². The first kappa shape index (κ1) is 18.2. The van der Waals surface area contributed by atoms with Gasteiger partial charge in [-0.25, -0.2) is 4.79 Å². The van der Waals surface area contributed by atoms with Crippen LogP contribution in [0, 0.1) is 0 Å². The van der Waals surface area contributed by atoms with Crippen LogP contribution in [0.15, 0.2) is 30.3 Å². The molecule has 1 aromatic rings. The summed E-state index contributed by atoms with van der Waals surface area (Å²) in [5.74, 6) is 0. The molecule has 138 valence electrons. The third-order valence-electron chi connectivity index (χ3n) is 5.35. The van der Waals surface area contributed by atoms with Crippen molar-refractivity contribution < 1.29 is 9.53 Å². The summed E-state index contributed by atoms with van der Waals surface area (Å²) in [6, 6.07) is 11.0. The van der Waals surface area contributed by atoms with Crippen molar-refractivity contribution in [2.75, 3.05) is 26.3 Å². The number of nitrogens with zero attached hydrogens (tertiary/aromatic N) is 1. The van der Waals surface area contributed by atoms with Crippen LogP contribution in [0.2, 0.25) is 0 Å². The maximum absolute atomic E-state index is 12.5. The summed E-state index contributed by atoms with van der Waals surface area (Å²) in [4.78, 5) is 14.9. The van der Waals surface area contributed by atoms with Crippen LogP contribution in [0.3, 0.4) is 0 Å². The molecule has 5 heteroatoms. The molecule has 1 heterocycles. The number of nitrogens with one attached hydrogen (secondary N) is 2. The van der Waals surface area contributed by atoms with E-state index < -0.39 is 0 Å². The normalized spacial score (nSPS) is 22.1. The van der Waals surface area contributed by atoms with Crippen LogP contribution in [0.25, 0.3) is 0 Å². The monoisotopic (exact) mass is 345 g/mol. The molecule has 1 saturated heterocycles. The van der Waals surface area contributed by atoms with E-state index in [1.165, 1.54) is 24.8 Å². The second-order valence-corrected chi connectivity index (χ2v) is 7.25. The predicted octanol–water partition coefficient (Wildman–Crippen LogP) is 3.08. The first-order valence-electron chi connectivity index (χ1n) is 9.68. The van der Waals surface area contributed by atoms with Crippen LogP contribution in [0.4, 0.5) is 4.79 Å². The number of hydrogen-bond acceptors (Lipinski definition) is 3. The quantitative estimate of drug-likeness (QED) is 0.862. The Bertz CT molecular complexity index is 525. The molecule has 2 fully saturated rings. The van der Waals surface area contributed by atoms with Crippen LogP contribution in [0.1, 0.15) is 50.6 Å². The molecule has 0 aromatic heterocycles. The van der Waals surface area contributed by atoms with E-state index in [0.717, 1.165) is 39.1 Å². The van der Waals surface area contributed by atoms with Gasteiger partial charge in [-0.05, 0) is 25.3 Å². The van der Waals surface area contributed by atoms with E-state index in [-0.39, 0.29) is 18.1 Å². The lowest BCUT2D eigenvalue weighted by Gasteiger charge is -2.38. The minimum absolute atomic E-state index is 0.0316. The van der Waals surface area contributed by atoms with E-state index in [9.17, 15) is 4.79 Å². The van der Waals surface area contributed by atoms with Crippen molar-refractivity contribution in [3.8, 4) is 0 Å². The van der Waals surface area contributed by atoms with Crippen LogP contribution < -0.4 is 10.6 Å². The third kappa shape index (κ3) is 5.19. The van der Waals surface area contributed by atoms with E-state index in [1.807, 2.05) is 6.07 Å². The van der Waals surface area contributed by atoms with Gasteiger partial charge >= 0.3 is 6.03 Å². The highest BCUT2D eigenvalue weighted by Crippen LogP contribution is 2.25. The van der Waals surface area contributed by atoms with Gasteiger partial charge in [-0.1, -0.05) is 49.6 Å². The number of ether oxygens (including phenoxy) is 1. The molecule has 25 heavy (non-hydrogen) atoms. The number of urea groups is 1. The summed E-state index contributed by atoms with van der Waals surface area (Å²) in [6.07, 6.45) is 5.95. The van der Waals surface area contributed by atoms with E-state index >= 15 is 0 Å². The predicted molar refractivity (Wildman–Crippen MR) is 99.6 cm³/mol. The summed E-state index contributed by atoms with van der Waals surface area (Å²) in [6.45, 7) is 5.41. The smallest absolute Gasteiger partial charge is 0.315 e. The molecule has 2 atom stereocenters. The minimum atomic E-state index is -0.0337. The maximum atomic E-state index is 12.5. The first-order chi connectivity index (χ1) is 12.2. The molecular weight excluding hydrogens is 314 g/mol. The number of hydrogen-bond donors (Lipinski definition) is 2. The SMILES string of the molecule is C[C@H](NC(=O)NC1CCCCC1)[C@H](c1ccccc1)N1CCOCC1. The Kier molecular flexibility index (Phi) is 6.70. The van der Waals surface area contributed by atoms with Gasteiger partial charge in [-0.15, -0.1) is 0 Å². The maximum Gasteiger partial charge on any atom is 0.315 e. The molecule has 0 spiro atoms. The van der Waals surface area contributed by atoms with Gasteiger partial charge in [0.05, 0.1) is 19.3 Å². The lowest BCUT2D eigenvalue weighted by Crippen LogP contribution is -2.52. The van der Waals surface area contributed by atoms with Gasteiger partial charge in [0, 0.05) is 25.2 Å². The average molecular weight is 345 g/mol. The first-order valence-corrected chi connectivity index (χ1v) is 9.68. The van der Waals surface area contributed by atoms with Gasteiger partial charge in [0.1, 0.15) is 0 Å². The average Bonchev–Trinajstić information content (AvgIpc) is 2.64. The van der Waals surface area contributed by atoms with Gasteiger partial charge in [0.15, 0.2) is 0 Å². The van der Waals surface area contributed by atoms with Gasteiger partial charge < -0.3 is 15.4 Å². The Labute approximate surface area is 151 Å². The number of carbonyl (C=O) groups is 1. The molecule has 1 aromatic carbocycles.